The second-order valence-electron chi connectivity index (χ2n) is 4.32. The molecule has 0 aliphatic heterocycles. The molecule has 3 aromatic rings. The van der Waals surface area contributed by atoms with E-state index in [1.54, 1.807) is 0 Å². The summed E-state index contributed by atoms with van der Waals surface area (Å²) in [6.45, 7) is 0. The minimum atomic E-state index is -0.524. The molecule has 1 aromatic heterocycles. The number of aromatic hydroxyl groups is 1. The normalized spacial score (nSPS) is 11.2. The molecule has 0 radical (unpaired) electrons. The number of nitro groups is 1. The zero-order valence-electron chi connectivity index (χ0n) is 10.7. The molecular formula is C14H10N4O3. The Morgan fingerprint density at radius 3 is 2.90 bits per heavy atom. The van der Waals surface area contributed by atoms with Crippen LogP contribution < -0.4 is 0 Å². The van der Waals surface area contributed by atoms with Gasteiger partial charge in [0.25, 0.3) is 5.69 Å². The van der Waals surface area contributed by atoms with Gasteiger partial charge in [0.15, 0.2) is 0 Å². The molecule has 0 unspecified atom stereocenters. The number of benzene rings is 2. The molecule has 21 heavy (non-hydrogen) atoms. The number of nitro benzene ring substituents is 1. The Balaban J connectivity index is 1.99. The molecule has 0 aliphatic carbocycles. The predicted molar refractivity (Wildman–Crippen MR) is 77.5 cm³/mol. The first-order valence-electron chi connectivity index (χ1n) is 6.09. The predicted octanol–water partition coefficient (Wildman–Crippen LogP) is 2.53. The fourth-order valence-electron chi connectivity index (χ4n) is 1.92. The van der Waals surface area contributed by atoms with Crippen LogP contribution in [0.3, 0.4) is 0 Å². The number of hydrogen-bond acceptors (Lipinski definition) is 5. The van der Waals surface area contributed by atoms with E-state index in [1.807, 2.05) is 24.3 Å². The van der Waals surface area contributed by atoms with Gasteiger partial charge in [-0.25, -0.2) is 9.66 Å². The molecule has 1 N–H and O–H groups in total. The van der Waals surface area contributed by atoms with Crippen LogP contribution in [-0.4, -0.2) is 25.9 Å². The summed E-state index contributed by atoms with van der Waals surface area (Å²) >= 11 is 0. The number of nitrogens with zero attached hydrogens (tertiary/aromatic N) is 4. The van der Waals surface area contributed by atoms with E-state index >= 15 is 0 Å². The van der Waals surface area contributed by atoms with Crippen LogP contribution >= 0.6 is 0 Å². The lowest BCUT2D eigenvalue weighted by atomic mass is 10.2. The maximum atomic E-state index is 10.7. The van der Waals surface area contributed by atoms with Gasteiger partial charge in [-0.15, -0.1) is 0 Å². The standard InChI is InChI=1S/C14H10N4O3/c19-14-6-5-11(18(20)21)7-10(14)8-16-17-9-15-12-3-1-2-4-13(12)17/h1-9,19H/b16-8-. The van der Waals surface area contributed by atoms with Gasteiger partial charge in [-0.3, -0.25) is 10.1 Å². The molecule has 2 aromatic carbocycles. The third-order valence-electron chi connectivity index (χ3n) is 2.98. The van der Waals surface area contributed by atoms with Gasteiger partial charge in [0.05, 0.1) is 22.2 Å². The highest BCUT2D eigenvalue weighted by Gasteiger charge is 2.09. The molecule has 0 saturated carbocycles. The van der Waals surface area contributed by atoms with Gasteiger partial charge in [0.2, 0.25) is 0 Å². The lowest BCUT2D eigenvalue weighted by Gasteiger charge is -1.99. The van der Waals surface area contributed by atoms with Crippen molar-refractivity contribution in [3.63, 3.8) is 0 Å². The van der Waals surface area contributed by atoms with E-state index in [2.05, 4.69) is 10.1 Å². The van der Waals surface area contributed by atoms with Crippen molar-refractivity contribution in [3.8, 4) is 5.75 Å². The van der Waals surface area contributed by atoms with E-state index in [0.29, 0.717) is 0 Å². The molecule has 1 heterocycles. The number of hydrogen-bond donors (Lipinski definition) is 1. The second-order valence-corrected chi connectivity index (χ2v) is 4.32. The zero-order chi connectivity index (χ0) is 14.8. The number of phenols is 1. The highest BCUT2D eigenvalue weighted by Crippen LogP contribution is 2.21. The van der Waals surface area contributed by atoms with Gasteiger partial charge < -0.3 is 5.11 Å². The number of phenolic OH excluding ortho intramolecular Hbond substituents is 1. The number of rotatable bonds is 3. The number of non-ortho nitro benzene ring substituents is 1. The molecule has 0 bridgehead atoms. The molecule has 7 nitrogen and oxygen atoms in total. The molecule has 0 saturated heterocycles. The van der Waals surface area contributed by atoms with Gasteiger partial charge >= 0.3 is 0 Å². The maximum absolute atomic E-state index is 10.7. The first kappa shape index (κ1) is 12.8. The largest absolute Gasteiger partial charge is 0.507 e. The van der Waals surface area contributed by atoms with E-state index in [9.17, 15) is 15.2 Å². The number of imidazole rings is 1. The van der Waals surface area contributed by atoms with Crippen LogP contribution in [-0.2, 0) is 0 Å². The van der Waals surface area contributed by atoms with Gasteiger partial charge in [0, 0.05) is 17.7 Å². The quantitative estimate of drug-likeness (QED) is 0.453. The van der Waals surface area contributed by atoms with Crippen LogP contribution in [0.15, 0.2) is 53.9 Å². The Hall–Kier alpha value is -3.22. The van der Waals surface area contributed by atoms with Crippen LogP contribution in [0.25, 0.3) is 11.0 Å². The molecule has 0 aliphatic rings. The third kappa shape index (κ3) is 2.44. The summed E-state index contributed by atoms with van der Waals surface area (Å²) in [7, 11) is 0. The highest BCUT2D eigenvalue weighted by atomic mass is 16.6. The van der Waals surface area contributed by atoms with E-state index in [1.165, 1.54) is 35.4 Å². The van der Waals surface area contributed by atoms with Crippen molar-refractivity contribution >= 4 is 22.9 Å². The SMILES string of the molecule is O=[N+]([O-])c1ccc(O)c(/C=N\n2cnc3ccccc32)c1. The minimum absolute atomic E-state index is 0.0752. The monoisotopic (exact) mass is 282 g/mol. The number of aromatic nitrogens is 2. The summed E-state index contributed by atoms with van der Waals surface area (Å²) in [6.07, 6.45) is 2.89. The topological polar surface area (TPSA) is 93.5 Å². The molecule has 0 amide bonds. The summed E-state index contributed by atoms with van der Waals surface area (Å²) in [5, 5.41) is 24.6. The Morgan fingerprint density at radius 1 is 1.29 bits per heavy atom. The number of para-hydroxylation sites is 2. The summed E-state index contributed by atoms with van der Waals surface area (Å²) in [5.74, 6) is -0.0752. The molecule has 0 fully saturated rings. The first-order valence-corrected chi connectivity index (χ1v) is 6.09. The van der Waals surface area contributed by atoms with E-state index in [0.717, 1.165) is 11.0 Å². The van der Waals surface area contributed by atoms with Crippen molar-refractivity contribution in [1.82, 2.24) is 9.66 Å². The van der Waals surface area contributed by atoms with Crippen molar-refractivity contribution in [1.29, 1.82) is 0 Å². The van der Waals surface area contributed by atoms with Crippen molar-refractivity contribution in [2.75, 3.05) is 0 Å². The Bertz CT molecular complexity index is 854. The van der Waals surface area contributed by atoms with E-state index < -0.39 is 4.92 Å². The number of fused-ring (bicyclic) bond motifs is 1. The Labute approximate surface area is 118 Å². The average Bonchev–Trinajstić information content (AvgIpc) is 2.89. The van der Waals surface area contributed by atoms with Crippen LogP contribution in [0, 0.1) is 10.1 Å². The van der Waals surface area contributed by atoms with Gasteiger partial charge in [-0.2, -0.15) is 5.10 Å². The zero-order valence-corrected chi connectivity index (χ0v) is 10.7. The Kier molecular flexibility index (Phi) is 3.07. The van der Waals surface area contributed by atoms with Crippen LogP contribution in [0.2, 0.25) is 0 Å². The highest BCUT2D eigenvalue weighted by molar-refractivity contribution is 5.85. The van der Waals surface area contributed by atoms with E-state index in [4.69, 9.17) is 0 Å². The van der Waals surface area contributed by atoms with Gasteiger partial charge in [-0.05, 0) is 18.2 Å². The van der Waals surface area contributed by atoms with E-state index in [-0.39, 0.29) is 17.0 Å². The lowest BCUT2D eigenvalue weighted by Crippen LogP contribution is -1.92. The van der Waals surface area contributed by atoms with Gasteiger partial charge in [-0.1, -0.05) is 12.1 Å². The summed E-state index contributed by atoms with van der Waals surface area (Å²) in [5.41, 5.74) is 1.75. The maximum Gasteiger partial charge on any atom is 0.270 e. The van der Waals surface area contributed by atoms with Crippen molar-refractivity contribution < 1.29 is 10.0 Å². The average molecular weight is 282 g/mol. The fourth-order valence-corrected chi connectivity index (χ4v) is 1.92. The van der Waals surface area contributed by atoms with Crippen molar-refractivity contribution in [2.24, 2.45) is 5.10 Å². The van der Waals surface area contributed by atoms with Crippen molar-refractivity contribution in [2.45, 2.75) is 0 Å². The lowest BCUT2D eigenvalue weighted by molar-refractivity contribution is -0.384. The second kappa shape index (κ2) is 5.04. The molecule has 0 spiro atoms. The summed E-state index contributed by atoms with van der Waals surface area (Å²) < 4.78 is 1.54. The molecule has 104 valence electrons. The molecule has 3 rings (SSSR count). The van der Waals surface area contributed by atoms with Crippen LogP contribution in [0.4, 0.5) is 5.69 Å². The van der Waals surface area contributed by atoms with Crippen LogP contribution in [0.5, 0.6) is 5.75 Å². The van der Waals surface area contributed by atoms with Crippen molar-refractivity contribution in [3.05, 3.63) is 64.5 Å². The molecule has 7 heteroatoms. The molecule has 0 atom stereocenters. The molecular weight excluding hydrogens is 272 g/mol. The smallest absolute Gasteiger partial charge is 0.270 e. The summed E-state index contributed by atoms with van der Waals surface area (Å²) in [4.78, 5) is 14.4. The summed E-state index contributed by atoms with van der Waals surface area (Å²) in [6, 6.07) is 11.2. The fraction of sp³-hybridized carbons (Fsp3) is 0. The Morgan fingerprint density at radius 2 is 2.10 bits per heavy atom. The third-order valence-corrected chi connectivity index (χ3v) is 2.98. The van der Waals surface area contributed by atoms with Gasteiger partial charge in [0.1, 0.15) is 12.1 Å². The van der Waals surface area contributed by atoms with Crippen LogP contribution in [0.1, 0.15) is 5.56 Å². The first-order chi connectivity index (χ1) is 10.1. The minimum Gasteiger partial charge on any atom is -0.507 e.